The number of aliphatic imine (C=N–C) groups is 1. The molecule has 5 N–H and O–H groups in total. The minimum absolute atomic E-state index is 0.0973. The van der Waals surface area contributed by atoms with Crippen molar-refractivity contribution in [3.63, 3.8) is 0 Å². The third kappa shape index (κ3) is 3.59. The van der Waals surface area contributed by atoms with E-state index in [9.17, 15) is 0 Å². The molecule has 7 heteroatoms. The molecule has 2 rings (SSSR count). The van der Waals surface area contributed by atoms with E-state index in [1.165, 1.54) is 12.6 Å². The lowest BCUT2D eigenvalue weighted by molar-refractivity contribution is 0.570. The molecule has 0 bridgehead atoms. The minimum Gasteiger partial charge on any atom is -0.430 e. The number of hydrogen-bond acceptors (Lipinski definition) is 4. The SMILES string of the molecule is CCCN(C=N)c1ccc(-c2coc(N=C(N)N)n2)cc1. The Kier molecular flexibility index (Phi) is 4.55. The third-order valence-electron chi connectivity index (χ3n) is 2.83. The highest BCUT2D eigenvalue weighted by molar-refractivity contribution is 5.79. The summed E-state index contributed by atoms with van der Waals surface area (Å²) >= 11 is 0. The van der Waals surface area contributed by atoms with Crippen LogP contribution in [0.1, 0.15) is 13.3 Å². The second-order valence-electron chi connectivity index (χ2n) is 4.42. The Morgan fingerprint density at radius 2 is 2.10 bits per heavy atom. The summed E-state index contributed by atoms with van der Waals surface area (Å²) in [7, 11) is 0. The van der Waals surface area contributed by atoms with E-state index >= 15 is 0 Å². The fraction of sp³-hybridized carbons (Fsp3) is 0.214. The molecule has 2 aromatic rings. The van der Waals surface area contributed by atoms with Gasteiger partial charge in [0.25, 0.3) is 0 Å². The number of aromatic nitrogens is 1. The van der Waals surface area contributed by atoms with E-state index in [1.807, 2.05) is 29.2 Å². The molecule has 21 heavy (non-hydrogen) atoms. The number of nitrogens with one attached hydrogen (secondary N) is 1. The second-order valence-corrected chi connectivity index (χ2v) is 4.42. The van der Waals surface area contributed by atoms with E-state index in [4.69, 9.17) is 21.3 Å². The summed E-state index contributed by atoms with van der Waals surface area (Å²) in [5, 5.41) is 7.42. The standard InChI is InChI=1S/C14H18N6O/c1-2-7-20(9-15)11-5-3-10(4-6-11)12-8-21-14(18-12)19-13(16)17/h3-6,8-9,15H,2,7H2,1H3,(H4,16,17,18,19). The number of hydrogen-bond donors (Lipinski definition) is 3. The maximum absolute atomic E-state index is 7.42. The van der Waals surface area contributed by atoms with Crippen LogP contribution < -0.4 is 16.4 Å². The molecular weight excluding hydrogens is 268 g/mol. The molecule has 1 aromatic carbocycles. The maximum Gasteiger partial charge on any atom is 0.325 e. The highest BCUT2D eigenvalue weighted by atomic mass is 16.4. The molecule has 0 saturated carbocycles. The van der Waals surface area contributed by atoms with Gasteiger partial charge < -0.3 is 20.8 Å². The summed E-state index contributed by atoms with van der Waals surface area (Å²) in [6, 6.07) is 7.83. The quantitative estimate of drug-likeness (QED) is 0.555. The zero-order valence-electron chi connectivity index (χ0n) is 11.8. The Hall–Kier alpha value is -2.83. The van der Waals surface area contributed by atoms with Crippen LogP contribution in [0.3, 0.4) is 0 Å². The number of anilines is 1. The van der Waals surface area contributed by atoms with Gasteiger partial charge in [0.05, 0.1) is 6.34 Å². The minimum atomic E-state index is -0.0973. The predicted molar refractivity (Wildman–Crippen MR) is 83.8 cm³/mol. The van der Waals surface area contributed by atoms with E-state index in [2.05, 4.69) is 16.9 Å². The van der Waals surface area contributed by atoms with Crippen LogP contribution in [0.5, 0.6) is 0 Å². The molecule has 0 saturated heterocycles. The maximum atomic E-state index is 7.42. The van der Waals surface area contributed by atoms with Gasteiger partial charge in [0, 0.05) is 17.8 Å². The molecule has 1 heterocycles. The van der Waals surface area contributed by atoms with Crippen molar-refractivity contribution in [2.75, 3.05) is 11.4 Å². The molecule has 1 aromatic heterocycles. The Balaban J connectivity index is 2.20. The lowest BCUT2D eigenvalue weighted by Crippen LogP contribution is -2.21. The van der Waals surface area contributed by atoms with E-state index < -0.39 is 0 Å². The summed E-state index contributed by atoms with van der Waals surface area (Å²) in [6.45, 7) is 2.88. The van der Waals surface area contributed by atoms with E-state index in [0.717, 1.165) is 24.2 Å². The molecule has 0 radical (unpaired) electrons. The third-order valence-corrected chi connectivity index (χ3v) is 2.83. The van der Waals surface area contributed by atoms with Gasteiger partial charge in [-0.1, -0.05) is 19.1 Å². The Morgan fingerprint density at radius 3 is 2.67 bits per heavy atom. The average Bonchev–Trinajstić information content (AvgIpc) is 2.92. The van der Waals surface area contributed by atoms with Gasteiger partial charge in [0.1, 0.15) is 12.0 Å². The van der Waals surface area contributed by atoms with Gasteiger partial charge in [-0.2, -0.15) is 9.98 Å². The van der Waals surface area contributed by atoms with E-state index in [1.54, 1.807) is 0 Å². The fourth-order valence-electron chi connectivity index (χ4n) is 1.89. The van der Waals surface area contributed by atoms with Gasteiger partial charge in [0.2, 0.25) is 0 Å². The van der Waals surface area contributed by atoms with Crippen molar-refractivity contribution >= 4 is 24.0 Å². The van der Waals surface area contributed by atoms with Crippen molar-refractivity contribution in [2.24, 2.45) is 16.5 Å². The molecule has 0 aliphatic rings. The number of guanidine groups is 1. The molecule has 7 nitrogen and oxygen atoms in total. The first-order valence-corrected chi connectivity index (χ1v) is 6.57. The molecule has 0 aliphatic heterocycles. The van der Waals surface area contributed by atoms with Crippen molar-refractivity contribution in [3.05, 3.63) is 30.5 Å². The summed E-state index contributed by atoms with van der Waals surface area (Å²) in [4.78, 5) is 9.80. The smallest absolute Gasteiger partial charge is 0.325 e. The highest BCUT2D eigenvalue weighted by Gasteiger charge is 2.07. The number of benzene rings is 1. The van der Waals surface area contributed by atoms with Gasteiger partial charge >= 0.3 is 6.01 Å². The van der Waals surface area contributed by atoms with Crippen molar-refractivity contribution in [1.29, 1.82) is 5.41 Å². The van der Waals surface area contributed by atoms with Crippen molar-refractivity contribution in [1.82, 2.24) is 4.98 Å². The summed E-state index contributed by atoms with van der Waals surface area (Å²) < 4.78 is 5.16. The van der Waals surface area contributed by atoms with Gasteiger partial charge in [-0.05, 0) is 18.6 Å². The summed E-state index contributed by atoms with van der Waals surface area (Å²) in [6.07, 6.45) is 3.80. The van der Waals surface area contributed by atoms with Gasteiger partial charge in [-0.15, -0.1) is 0 Å². The zero-order chi connectivity index (χ0) is 15.2. The fourth-order valence-corrected chi connectivity index (χ4v) is 1.89. The topological polar surface area (TPSA) is 118 Å². The molecule has 0 fully saturated rings. The molecule has 0 spiro atoms. The highest BCUT2D eigenvalue weighted by Crippen LogP contribution is 2.24. The van der Waals surface area contributed by atoms with Gasteiger partial charge in [-0.25, -0.2) is 0 Å². The molecular formula is C14H18N6O. The normalized spacial score (nSPS) is 10.1. The van der Waals surface area contributed by atoms with Crippen LogP contribution in [0, 0.1) is 5.41 Å². The molecule has 0 aliphatic carbocycles. The van der Waals surface area contributed by atoms with Crippen LogP contribution in [0.25, 0.3) is 11.3 Å². The van der Waals surface area contributed by atoms with Crippen LogP contribution in [-0.4, -0.2) is 23.8 Å². The zero-order valence-corrected chi connectivity index (χ0v) is 11.8. The van der Waals surface area contributed by atoms with E-state index in [0.29, 0.717) is 5.69 Å². The number of nitrogens with zero attached hydrogens (tertiary/aromatic N) is 3. The molecule has 0 amide bonds. The second kappa shape index (κ2) is 6.56. The lowest BCUT2D eigenvalue weighted by Gasteiger charge is -2.18. The van der Waals surface area contributed by atoms with Crippen LogP contribution in [0.2, 0.25) is 0 Å². The average molecular weight is 286 g/mol. The lowest BCUT2D eigenvalue weighted by atomic mass is 10.1. The van der Waals surface area contributed by atoms with Crippen LogP contribution in [0.15, 0.2) is 39.9 Å². The first kappa shape index (κ1) is 14.6. The molecule has 0 atom stereocenters. The number of nitrogens with two attached hydrogens (primary N) is 2. The van der Waals surface area contributed by atoms with Crippen molar-refractivity contribution < 1.29 is 4.42 Å². The monoisotopic (exact) mass is 286 g/mol. The molecule has 0 unspecified atom stereocenters. The summed E-state index contributed by atoms with van der Waals surface area (Å²) in [5.41, 5.74) is 13.0. The first-order chi connectivity index (χ1) is 10.1. The first-order valence-electron chi connectivity index (χ1n) is 6.57. The van der Waals surface area contributed by atoms with E-state index in [-0.39, 0.29) is 12.0 Å². The predicted octanol–water partition coefficient (Wildman–Crippen LogP) is 2.07. The van der Waals surface area contributed by atoms with Gasteiger partial charge in [-0.3, -0.25) is 5.41 Å². The van der Waals surface area contributed by atoms with Crippen LogP contribution >= 0.6 is 0 Å². The number of rotatable bonds is 6. The Labute approximate surface area is 122 Å². The summed E-state index contributed by atoms with van der Waals surface area (Å²) in [5.74, 6) is -0.0973. The van der Waals surface area contributed by atoms with Crippen LogP contribution in [-0.2, 0) is 0 Å². The van der Waals surface area contributed by atoms with Crippen LogP contribution in [0.4, 0.5) is 11.7 Å². The largest absolute Gasteiger partial charge is 0.430 e. The Morgan fingerprint density at radius 1 is 1.38 bits per heavy atom. The Bertz CT molecular complexity index is 627. The number of oxazole rings is 1. The van der Waals surface area contributed by atoms with Crippen molar-refractivity contribution in [2.45, 2.75) is 13.3 Å². The van der Waals surface area contributed by atoms with Crippen molar-refractivity contribution in [3.8, 4) is 11.3 Å². The van der Waals surface area contributed by atoms with Gasteiger partial charge in [0.15, 0.2) is 5.96 Å². The molecule has 110 valence electrons.